The topological polar surface area (TPSA) is 131 Å². The van der Waals surface area contributed by atoms with E-state index in [0.717, 1.165) is 42.7 Å². The summed E-state index contributed by atoms with van der Waals surface area (Å²) in [5.74, 6) is 0.725. The molecule has 0 saturated carbocycles. The number of aromatic nitrogens is 5. The Kier molecular flexibility index (Phi) is 6.20. The number of anilines is 1. The highest BCUT2D eigenvalue weighted by Crippen LogP contribution is 2.29. The van der Waals surface area contributed by atoms with Gasteiger partial charge < -0.3 is 15.1 Å². The molecule has 2 N–H and O–H groups in total. The van der Waals surface area contributed by atoms with E-state index in [4.69, 9.17) is 15.1 Å². The molecule has 0 atom stereocenters. The number of hydrogen-bond donors (Lipinski definition) is 1. The number of rotatable bonds is 5. The van der Waals surface area contributed by atoms with Crippen LogP contribution in [-0.2, 0) is 5.41 Å². The lowest BCUT2D eigenvalue weighted by atomic mass is 9.90. The molecule has 4 heterocycles. The number of nitrogens with zero attached hydrogens (tertiary/aromatic N) is 7. The summed E-state index contributed by atoms with van der Waals surface area (Å²) in [6, 6.07) is 14.4. The van der Waals surface area contributed by atoms with E-state index in [1.807, 2.05) is 45.0 Å². The van der Waals surface area contributed by atoms with E-state index in [0.29, 0.717) is 40.6 Å². The van der Waals surface area contributed by atoms with Crippen molar-refractivity contribution in [3.05, 3.63) is 60.2 Å². The summed E-state index contributed by atoms with van der Waals surface area (Å²) in [4.78, 5) is 16.0. The van der Waals surface area contributed by atoms with Gasteiger partial charge in [-0.25, -0.2) is 4.98 Å². The van der Waals surface area contributed by atoms with Gasteiger partial charge in [0.2, 0.25) is 5.89 Å². The smallest absolute Gasteiger partial charge is 0.268 e. The molecule has 0 unspecified atom stereocenters. The van der Waals surface area contributed by atoms with E-state index in [1.165, 1.54) is 0 Å². The molecule has 0 bridgehead atoms. The molecule has 1 fully saturated rings. The van der Waals surface area contributed by atoms with Crippen LogP contribution in [0.2, 0.25) is 0 Å². The molecule has 4 aromatic rings. The van der Waals surface area contributed by atoms with Crippen LogP contribution in [0, 0.1) is 18.3 Å². The summed E-state index contributed by atoms with van der Waals surface area (Å²) in [5, 5.41) is 18.0. The van der Waals surface area contributed by atoms with Crippen molar-refractivity contribution in [3.8, 4) is 40.4 Å². The van der Waals surface area contributed by atoms with Gasteiger partial charge in [-0.05, 0) is 70.0 Å². The Morgan fingerprint density at radius 2 is 1.75 bits per heavy atom. The van der Waals surface area contributed by atoms with Gasteiger partial charge in [0.25, 0.3) is 5.89 Å². The Balaban J connectivity index is 1.40. The van der Waals surface area contributed by atoms with Gasteiger partial charge >= 0.3 is 0 Å². The maximum Gasteiger partial charge on any atom is 0.268 e. The van der Waals surface area contributed by atoms with Crippen molar-refractivity contribution in [1.29, 1.82) is 5.26 Å². The number of hydrogen-bond acceptors (Lipinski definition) is 9. The van der Waals surface area contributed by atoms with Crippen molar-refractivity contribution in [2.75, 3.05) is 18.0 Å². The number of benzene rings is 1. The van der Waals surface area contributed by atoms with E-state index in [9.17, 15) is 5.26 Å². The molecule has 0 aliphatic carbocycles. The first kappa shape index (κ1) is 23.6. The van der Waals surface area contributed by atoms with Crippen LogP contribution >= 0.6 is 0 Å². The van der Waals surface area contributed by atoms with Crippen molar-refractivity contribution >= 4 is 5.69 Å². The number of nitriles is 1. The predicted molar refractivity (Wildman–Crippen MR) is 137 cm³/mol. The summed E-state index contributed by atoms with van der Waals surface area (Å²) in [5.41, 5.74) is 10.6. The molecule has 5 rings (SSSR count). The molecule has 9 nitrogen and oxygen atoms in total. The molecule has 36 heavy (non-hydrogen) atoms. The van der Waals surface area contributed by atoms with Crippen LogP contribution in [0.15, 0.2) is 53.2 Å². The summed E-state index contributed by atoms with van der Waals surface area (Å²) >= 11 is 0. The van der Waals surface area contributed by atoms with Crippen molar-refractivity contribution < 1.29 is 4.42 Å². The van der Waals surface area contributed by atoms with Crippen LogP contribution in [0.1, 0.15) is 38.1 Å². The number of pyridine rings is 1. The summed E-state index contributed by atoms with van der Waals surface area (Å²) < 4.78 is 6.01. The van der Waals surface area contributed by atoms with Crippen LogP contribution in [-0.4, -0.2) is 44.3 Å². The van der Waals surface area contributed by atoms with Crippen molar-refractivity contribution in [3.63, 3.8) is 0 Å². The summed E-state index contributed by atoms with van der Waals surface area (Å²) in [7, 11) is 0. The largest absolute Gasteiger partial charge is 0.415 e. The highest BCUT2D eigenvalue weighted by Gasteiger charge is 2.23. The zero-order valence-corrected chi connectivity index (χ0v) is 20.6. The van der Waals surface area contributed by atoms with Gasteiger partial charge in [0.1, 0.15) is 5.69 Å². The SMILES string of the molecule is Cc1ncc(-c2ccnc(C(C)(C)C#N)c2)nc1-c1nnc(-c2ccc(N3CCC(N)CC3)cc2)o1. The average Bonchev–Trinajstić information content (AvgIpc) is 3.40. The van der Waals surface area contributed by atoms with E-state index >= 15 is 0 Å². The standard InChI is InChI=1S/C27H28N8O/c1-17-24(32-22(15-31-17)19-8-11-30-23(14-19)27(2,3)16-28)26-34-33-25(36-26)18-4-6-21(7-5-18)35-12-9-20(29)10-13-35/h4-8,11,14-15,20H,9-10,12-13,29H2,1-3H3. The van der Waals surface area contributed by atoms with E-state index < -0.39 is 5.41 Å². The lowest BCUT2D eigenvalue weighted by Gasteiger charge is -2.32. The maximum atomic E-state index is 9.47. The fraction of sp³-hybridized carbons (Fsp3) is 0.333. The average molecular weight is 481 g/mol. The highest BCUT2D eigenvalue weighted by molar-refractivity contribution is 5.64. The minimum atomic E-state index is -0.714. The van der Waals surface area contributed by atoms with Crippen molar-refractivity contribution in [2.45, 2.75) is 45.1 Å². The maximum absolute atomic E-state index is 9.47. The zero-order chi connectivity index (χ0) is 25.3. The molecule has 1 aliphatic heterocycles. The first-order valence-corrected chi connectivity index (χ1v) is 12.0. The third-order valence-corrected chi connectivity index (χ3v) is 6.58. The number of aryl methyl sites for hydroxylation is 1. The van der Waals surface area contributed by atoms with Crippen molar-refractivity contribution in [1.82, 2.24) is 25.1 Å². The van der Waals surface area contributed by atoms with E-state index in [1.54, 1.807) is 12.4 Å². The Labute approximate surface area is 210 Å². The molecular formula is C27H28N8O. The van der Waals surface area contributed by atoms with Crippen LogP contribution in [0.3, 0.4) is 0 Å². The quantitative estimate of drug-likeness (QED) is 0.444. The predicted octanol–water partition coefficient (Wildman–Crippen LogP) is 4.29. The molecule has 3 aromatic heterocycles. The Bertz CT molecular complexity index is 1410. The number of piperidine rings is 1. The highest BCUT2D eigenvalue weighted by atomic mass is 16.4. The van der Waals surface area contributed by atoms with Crippen LogP contribution in [0.25, 0.3) is 34.3 Å². The van der Waals surface area contributed by atoms with Gasteiger partial charge in [0.15, 0.2) is 0 Å². The van der Waals surface area contributed by atoms with Gasteiger partial charge in [0, 0.05) is 42.1 Å². The second kappa shape index (κ2) is 9.47. The Morgan fingerprint density at radius 3 is 2.47 bits per heavy atom. The molecule has 0 spiro atoms. The first-order chi connectivity index (χ1) is 17.3. The van der Waals surface area contributed by atoms with Gasteiger partial charge in [-0.3, -0.25) is 9.97 Å². The second-order valence-corrected chi connectivity index (χ2v) is 9.64. The zero-order valence-electron chi connectivity index (χ0n) is 20.6. The van der Waals surface area contributed by atoms with Gasteiger partial charge in [0.05, 0.1) is 34.8 Å². The Morgan fingerprint density at radius 1 is 1.03 bits per heavy atom. The van der Waals surface area contributed by atoms with Gasteiger partial charge in [-0.2, -0.15) is 5.26 Å². The number of nitrogens with two attached hydrogens (primary N) is 1. The lowest BCUT2D eigenvalue weighted by molar-refractivity contribution is 0.501. The van der Waals surface area contributed by atoms with Crippen LogP contribution < -0.4 is 10.6 Å². The molecule has 1 aromatic carbocycles. The van der Waals surface area contributed by atoms with Gasteiger partial charge in [-0.1, -0.05) is 0 Å². The lowest BCUT2D eigenvalue weighted by Crippen LogP contribution is -2.39. The fourth-order valence-corrected chi connectivity index (χ4v) is 4.19. The first-order valence-electron chi connectivity index (χ1n) is 12.0. The third kappa shape index (κ3) is 4.68. The second-order valence-electron chi connectivity index (χ2n) is 9.64. The summed E-state index contributed by atoms with van der Waals surface area (Å²) in [6.45, 7) is 7.45. The molecule has 182 valence electrons. The Hall–Kier alpha value is -4.16. The minimum Gasteiger partial charge on any atom is -0.415 e. The monoisotopic (exact) mass is 480 g/mol. The minimum absolute atomic E-state index is 0.299. The van der Waals surface area contributed by atoms with E-state index in [-0.39, 0.29) is 0 Å². The van der Waals surface area contributed by atoms with Crippen molar-refractivity contribution in [2.24, 2.45) is 5.73 Å². The fourth-order valence-electron chi connectivity index (χ4n) is 4.19. The molecule has 0 amide bonds. The molecule has 9 heteroatoms. The van der Waals surface area contributed by atoms with Crippen LogP contribution in [0.4, 0.5) is 5.69 Å². The molecule has 1 aliphatic rings. The van der Waals surface area contributed by atoms with Crippen LogP contribution in [0.5, 0.6) is 0 Å². The third-order valence-electron chi connectivity index (χ3n) is 6.58. The molecule has 0 radical (unpaired) electrons. The van der Waals surface area contributed by atoms with Gasteiger partial charge in [-0.15, -0.1) is 10.2 Å². The molecule has 1 saturated heterocycles. The normalized spacial score (nSPS) is 14.6. The molecular weight excluding hydrogens is 452 g/mol. The summed E-state index contributed by atoms with van der Waals surface area (Å²) in [6.07, 6.45) is 5.38. The van der Waals surface area contributed by atoms with E-state index in [2.05, 4.69) is 43.3 Å².